The van der Waals surface area contributed by atoms with Gasteiger partial charge in [0.1, 0.15) is 0 Å². The van der Waals surface area contributed by atoms with Crippen molar-refractivity contribution in [2.24, 2.45) is 5.92 Å². The quantitative estimate of drug-likeness (QED) is 0.789. The van der Waals surface area contributed by atoms with Gasteiger partial charge in [0.15, 0.2) is 5.67 Å². The summed E-state index contributed by atoms with van der Waals surface area (Å²) in [6, 6.07) is 9.13. The van der Waals surface area contributed by atoms with Gasteiger partial charge in [-0.05, 0) is 24.3 Å². The summed E-state index contributed by atoms with van der Waals surface area (Å²) in [5.74, 6) is -0.807. The lowest BCUT2D eigenvalue weighted by Gasteiger charge is -2.23. The maximum atomic E-state index is 15.4. The zero-order valence-electron chi connectivity index (χ0n) is 15.2. The van der Waals surface area contributed by atoms with E-state index in [-0.39, 0.29) is 32.0 Å². The summed E-state index contributed by atoms with van der Waals surface area (Å²) in [5, 5.41) is 0. The Balaban J connectivity index is 1.40. The first-order valence-corrected chi connectivity index (χ1v) is 9.48. The number of hydrogen-bond acceptors (Lipinski definition) is 3. The normalized spacial score (nSPS) is 33.0. The van der Waals surface area contributed by atoms with E-state index >= 15 is 8.78 Å². The zero-order valence-corrected chi connectivity index (χ0v) is 15.2. The van der Waals surface area contributed by atoms with Crippen molar-refractivity contribution in [2.75, 3.05) is 32.8 Å². The van der Waals surface area contributed by atoms with E-state index in [0.29, 0.717) is 25.6 Å². The molecule has 1 aromatic carbocycles. The number of ether oxygens (including phenoxy) is 1. The van der Waals surface area contributed by atoms with Crippen LogP contribution in [0.2, 0.25) is 0 Å². The van der Waals surface area contributed by atoms with Crippen molar-refractivity contribution in [2.45, 2.75) is 37.1 Å². The van der Waals surface area contributed by atoms with E-state index in [1.54, 1.807) is 0 Å². The van der Waals surface area contributed by atoms with Gasteiger partial charge >= 0.3 is 0 Å². The highest BCUT2D eigenvalue weighted by Gasteiger charge is 2.71. The third-order valence-electron chi connectivity index (χ3n) is 5.99. The van der Waals surface area contributed by atoms with Gasteiger partial charge in [-0.25, -0.2) is 8.78 Å². The third-order valence-corrected chi connectivity index (χ3v) is 5.99. The second-order valence-corrected chi connectivity index (χ2v) is 7.93. The van der Waals surface area contributed by atoms with Gasteiger partial charge in [-0.3, -0.25) is 9.59 Å². The molecule has 0 radical (unpaired) electrons. The molecule has 0 bridgehead atoms. The summed E-state index contributed by atoms with van der Waals surface area (Å²) < 4.78 is 36.1. The number of carbonyl (C=O) groups is 2. The van der Waals surface area contributed by atoms with Crippen molar-refractivity contribution < 1.29 is 23.1 Å². The smallest absolute Gasteiger partial charge is 0.266 e. The third kappa shape index (κ3) is 3.22. The van der Waals surface area contributed by atoms with E-state index in [1.807, 2.05) is 30.3 Å². The van der Waals surface area contributed by atoms with Crippen LogP contribution in [0.4, 0.5) is 8.78 Å². The van der Waals surface area contributed by atoms with Crippen LogP contribution < -0.4 is 0 Å². The Morgan fingerprint density at radius 3 is 2.63 bits per heavy atom. The standard InChI is InChI=1S/C20H24F2N2O3/c21-19-12-23(10-15-4-2-1-3-5-15)18(26)20(19,22)14-24(13-19)17(25)7-6-16-8-9-27-11-16/h1-5,16H,6-14H2/t16-,19+,20+/m0/s1. The molecular weight excluding hydrogens is 354 g/mol. The van der Waals surface area contributed by atoms with Gasteiger partial charge in [0, 0.05) is 26.2 Å². The number of hydrogen-bond donors (Lipinski definition) is 0. The molecule has 3 heterocycles. The maximum Gasteiger partial charge on any atom is 0.266 e. The van der Waals surface area contributed by atoms with E-state index in [9.17, 15) is 9.59 Å². The lowest BCUT2D eigenvalue weighted by molar-refractivity contribution is -0.140. The minimum Gasteiger partial charge on any atom is -0.381 e. The molecule has 3 saturated heterocycles. The Labute approximate surface area is 157 Å². The van der Waals surface area contributed by atoms with Crippen LogP contribution in [-0.2, 0) is 20.9 Å². The number of amides is 2. The monoisotopic (exact) mass is 378 g/mol. The Hall–Kier alpha value is -2.02. The van der Waals surface area contributed by atoms with Crippen LogP contribution in [0, 0.1) is 5.92 Å². The highest BCUT2D eigenvalue weighted by Crippen LogP contribution is 2.46. The molecule has 0 spiro atoms. The molecular formula is C20H24F2N2O3. The summed E-state index contributed by atoms with van der Waals surface area (Å²) in [6.45, 7) is 0.341. The summed E-state index contributed by atoms with van der Waals surface area (Å²) in [6.07, 6.45) is 1.81. The van der Waals surface area contributed by atoms with E-state index in [2.05, 4.69) is 0 Å². The summed E-state index contributed by atoms with van der Waals surface area (Å²) in [7, 11) is 0. The molecule has 27 heavy (non-hydrogen) atoms. The van der Waals surface area contributed by atoms with Gasteiger partial charge < -0.3 is 14.5 Å². The van der Waals surface area contributed by atoms with Crippen molar-refractivity contribution in [3.05, 3.63) is 35.9 Å². The van der Waals surface area contributed by atoms with E-state index < -0.39 is 23.8 Å². The fourth-order valence-corrected chi connectivity index (χ4v) is 4.35. The van der Waals surface area contributed by atoms with Crippen LogP contribution in [0.5, 0.6) is 0 Å². The topological polar surface area (TPSA) is 49.9 Å². The molecule has 0 aliphatic carbocycles. The number of alkyl halides is 2. The minimum absolute atomic E-state index is 0.173. The van der Waals surface area contributed by atoms with Gasteiger partial charge in [-0.1, -0.05) is 30.3 Å². The Kier molecular flexibility index (Phi) is 4.66. The fraction of sp³-hybridized carbons (Fsp3) is 0.600. The molecule has 7 heteroatoms. The van der Waals surface area contributed by atoms with E-state index in [0.717, 1.165) is 12.0 Å². The molecule has 0 unspecified atom stereocenters. The van der Waals surface area contributed by atoms with Crippen molar-refractivity contribution >= 4 is 11.8 Å². The lowest BCUT2D eigenvalue weighted by Crippen LogP contribution is -2.47. The lowest BCUT2D eigenvalue weighted by atomic mass is 9.93. The predicted octanol–water partition coefficient (Wildman–Crippen LogP) is 2.10. The minimum atomic E-state index is -2.64. The van der Waals surface area contributed by atoms with Crippen LogP contribution in [0.15, 0.2) is 30.3 Å². The van der Waals surface area contributed by atoms with Crippen LogP contribution in [-0.4, -0.2) is 65.8 Å². The first-order valence-electron chi connectivity index (χ1n) is 9.48. The molecule has 1 aromatic rings. The van der Waals surface area contributed by atoms with Gasteiger partial charge in [0.2, 0.25) is 11.6 Å². The summed E-state index contributed by atoms with van der Waals surface area (Å²) in [4.78, 5) is 27.5. The summed E-state index contributed by atoms with van der Waals surface area (Å²) >= 11 is 0. The number of rotatable bonds is 5. The number of halogens is 2. The van der Waals surface area contributed by atoms with Crippen LogP contribution >= 0.6 is 0 Å². The van der Waals surface area contributed by atoms with Crippen LogP contribution in [0.25, 0.3) is 0 Å². The molecule has 3 atom stereocenters. The Morgan fingerprint density at radius 1 is 1.19 bits per heavy atom. The van der Waals surface area contributed by atoms with E-state index in [4.69, 9.17) is 4.74 Å². The van der Waals surface area contributed by atoms with Gasteiger partial charge in [-0.15, -0.1) is 0 Å². The molecule has 5 nitrogen and oxygen atoms in total. The van der Waals surface area contributed by atoms with Crippen molar-refractivity contribution in [3.8, 4) is 0 Å². The number of likely N-dealkylation sites (tertiary alicyclic amines) is 2. The van der Waals surface area contributed by atoms with Gasteiger partial charge in [-0.2, -0.15) is 0 Å². The molecule has 3 aliphatic rings. The predicted molar refractivity (Wildman–Crippen MR) is 94.3 cm³/mol. The van der Waals surface area contributed by atoms with E-state index in [1.165, 1.54) is 9.80 Å². The number of fused-ring (bicyclic) bond motifs is 1. The second kappa shape index (κ2) is 6.86. The first-order chi connectivity index (χ1) is 12.9. The highest BCUT2D eigenvalue weighted by atomic mass is 19.2. The Bertz CT molecular complexity index is 725. The average molecular weight is 378 g/mol. The maximum absolute atomic E-state index is 15.4. The van der Waals surface area contributed by atoms with Gasteiger partial charge in [0.25, 0.3) is 5.91 Å². The number of benzene rings is 1. The average Bonchev–Trinajstić information content (AvgIpc) is 3.30. The van der Waals surface area contributed by atoms with Crippen molar-refractivity contribution in [1.29, 1.82) is 0 Å². The van der Waals surface area contributed by atoms with Crippen LogP contribution in [0.3, 0.4) is 0 Å². The largest absolute Gasteiger partial charge is 0.381 e. The molecule has 146 valence electrons. The molecule has 3 fully saturated rings. The SMILES string of the molecule is O=C(CC[C@H]1CCOC1)N1C[C@]2(F)CN(Cc3ccccc3)C(=O)[C@]2(F)C1. The second-order valence-electron chi connectivity index (χ2n) is 7.93. The zero-order chi connectivity index (χ0) is 19.1. The number of carbonyl (C=O) groups excluding carboxylic acids is 2. The molecule has 0 N–H and O–H groups in total. The molecule has 3 aliphatic heterocycles. The van der Waals surface area contributed by atoms with Crippen LogP contribution in [0.1, 0.15) is 24.8 Å². The summed E-state index contributed by atoms with van der Waals surface area (Å²) in [5.41, 5.74) is -4.16. The highest BCUT2D eigenvalue weighted by molar-refractivity contribution is 5.92. The fourth-order valence-electron chi connectivity index (χ4n) is 4.35. The Morgan fingerprint density at radius 2 is 1.96 bits per heavy atom. The molecule has 0 saturated carbocycles. The van der Waals surface area contributed by atoms with Gasteiger partial charge in [0.05, 0.1) is 19.6 Å². The first kappa shape index (κ1) is 18.3. The molecule has 0 aromatic heterocycles. The van der Waals surface area contributed by atoms with Crippen molar-refractivity contribution in [1.82, 2.24) is 9.80 Å². The molecule has 4 rings (SSSR count). The van der Waals surface area contributed by atoms with Crippen molar-refractivity contribution in [3.63, 3.8) is 0 Å². The number of nitrogens with zero attached hydrogens (tertiary/aromatic N) is 2. The molecule has 2 amide bonds.